The zero-order valence-corrected chi connectivity index (χ0v) is 20.3. The second-order valence-corrected chi connectivity index (χ2v) is 8.68. The lowest BCUT2D eigenvalue weighted by Crippen LogP contribution is -2.56. The predicted molar refractivity (Wildman–Crippen MR) is 130 cm³/mol. The minimum absolute atomic E-state index is 0.0747. The molecule has 1 aromatic rings. The predicted octanol–water partition coefficient (Wildman–Crippen LogP) is 0.163. The first-order valence-corrected chi connectivity index (χ1v) is 11.7. The van der Waals surface area contributed by atoms with Gasteiger partial charge in [-0.3, -0.25) is 19.2 Å². The highest BCUT2D eigenvalue weighted by Gasteiger charge is 2.29. The molecule has 1 aromatic carbocycles. The summed E-state index contributed by atoms with van der Waals surface area (Å²) >= 11 is 0. The van der Waals surface area contributed by atoms with Gasteiger partial charge < -0.3 is 32.1 Å². The van der Waals surface area contributed by atoms with Crippen LogP contribution in [0.25, 0.3) is 0 Å². The number of aliphatic carboxylic acids is 1. The summed E-state index contributed by atoms with van der Waals surface area (Å²) in [5.74, 6) is -2.49. The van der Waals surface area contributed by atoms with Crippen LogP contribution in [-0.4, -0.2) is 67.1 Å². The molecule has 10 nitrogen and oxygen atoms in total. The molecule has 190 valence electrons. The van der Waals surface area contributed by atoms with Crippen LogP contribution in [0.2, 0.25) is 0 Å². The number of unbranched alkanes of at least 4 members (excludes halogenated alkanes) is 1. The van der Waals surface area contributed by atoms with Crippen LogP contribution in [0, 0.1) is 5.92 Å². The molecule has 10 heteroatoms. The fraction of sp³-hybridized carbons (Fsp3) is 0.583. The van der Waals surface area contributed by atoms with E-state index in [1.807, 2.05) is 44.2 Å². The number of amides is 3. The van der Waals surface area contributed by atoms with Crippen LogP contribution in [0.3, 0.4) is 0 Å². The van der Waals surface area contributed by atoms with Gasteiger partial charge in [0.1, 0.15) is 18.6 Å². The first-order valence-electron chi connectivity index (χ1n) is 11.7. The molecular weight excluding hydrogens is 438 g/mol. The molecule has 3 atom stereocenters. The van der Waals surface area contributed by atoms with E-state index >= 15 is 0 Å². The van der Waals surface area contributed by atoms with Gasteiger partial charge in [-0.15, -0.1) is 0 Å². The van der Waals surface area contributed by atoms with Crippen LogP contribution in [0.15, 0.2) is 30.3 Å². The molecule has 7 N–H and O–H groups in total. The highest BCUT2D eigenvalue weighted by molar-refractivity contribution is 5.93. The number of hydrogen-bond donors (Lipinski definition) is 6. The Morgan fingerprint density at radius 1 is 0.912 bits per heavy atom. The maximum absolute atomic E-state index is 13.1. The summed E-state index contributed by atoms with van der Waals surface area (Å²) in [7, 11) is 1.68. The molecule has 0 radical (unpaired) electrons. The monoisotopic (exact) mass is 477 g/mol. The lowest BCUT2D eigenvalue weighted by Gasteiger charge is -2.25. The fourth-order valence-corrected chi connectivity index (χ4v) is 3.47. The van der Waals surface area contributed by atoms with Gasteiger partial charge in [-0.25, -0.2) is 0 Å². The van der Waals surface area contributed by atoms with E-state index in [9.17, 15) is 19.2 Å². The van der Waals surface area contributed by atoms with Crippen molar-refractivity contribution in [3.8, 4) is 0 Å². The van der Waals surface area contributed by atoms with Gasteiger partial charge in [0.15, 0.2) is 0 Å². The molecule has 0 bridgehead atoms. The van der Waals surface area contributed by atoms with Gasteiger partial charge in [-0.05, 0) is 57.2 Å². The van der Waals surface area contributed by atoms with Crippen molar-refractivity contribution >= 4 is 23.7 Å². The number of nitrogens with one attached hydrogen (secondary N) is 4. The van der Waals surface area contributed by atoms with Gasteiger partial charge >= 0.3 is 5.97 Å². The van der Waals surface area contributed by atoms with Gasteiger partial charge in [0.05, 0.1) is 6.04 Å². The number of carboxylic acids is 1. The van der Waals surface area contributed by atoms with E-state index in [0.29, 0.717) is 38.6 Å². The zero-order valence-electron chi connectivity index (χ0n) is 20.3. The lowest BCUT2D eigenvalue weighted by molar-refractivity contribution is -0.138. The molecule has 1 rings (SSSR count). The van der Waals surface area contributed by atoms with Gasteiger partial charge in [0.25, 0.3) is 0 Å². The van der Waals surface area contributed by atoms with Crippen molar-refractivity contribution in [2.45, 2.75) is 64.1 Å². The Labute approximate surface area is 201 Å². The zero-order chi connectivity index (χ0) is 25.5. The van der Waals surface area contributed by atoms with Crippen LogP contribution >= 0.6 is 0 Å². The summed E-state index contributed by atoms with van der Waals surface area (Å²) in [4.78, 5) is 49.4. The topological polar surface area (TPSA) is 163 Å². The number of carbonyl (C=O) groups is 4. The van der Waals surface area contributed by atoms with E-state index < -0.39 is 42.5 Å². The van der Waals surface area contributed by atoms with Crippen LogP contribution in [-0.2, 0) is 25.6 Å². The Kier molecular flexibility index (Phi) is 13.5. The molecule has 0 aliphatic heterocycles. The Balaban J connectivity index is 2.92. The minimum atomic E-state index is -1.17. The van der Waals surface area contributed by atoms with Gasteiger partial charge in [-0.1, -0.05) is 44.2 Å². The van der Waals surface area contributed by atoms with Crippen LogP contribution in [0.4, 0.5) is 0 Å². The quantitative estimate of drug-likeness (QED) is 0.185. The third kappa shape index (κ3) is 11.2. The van der Waals surface area contributed by atoms with E-state index in [0.717, 1.165) is 5.56 Å². The summed E-state index contributed by atoms with van der Waals surface area (Å²) in [5.41, 5.74) is 6.56. The number of rotatable bonds is 16. The third-order valence-corrected chi connectivity index (χ3v) is 5.28. The normalized spacial score (nSPS) is 13.6. The SMILES string of the molecule is CN[C@@H](Cc1ccccc1)C(=O)N[C@@H](CCCCN)C(=O)N[C@@H](CC(C)C)C(=O)NCC(=O)O. The maximum Gasteiger partial charge on any atom is 0.322 e. The standard InChI is InChI=1S/C24H39N5O5/c1-16(2)13-20(22(32)27-15-21(30)31)29-23(33)18(11-7-8-12-25)28-24(34)19(26-3)14-17-9-5-4-6-10-17/h4-6,9-10,16,18-20,26H,7-8,11-15,25H2,1-3H3,(H,27,32)(H,28,34)(H,29,33)(H,30,31)/t18-,19-,20-/m0/s1. The average molecular weight is 478 g/mol. The Morgan fingerprint density at radius 3 is 2.09 bits per heavy atom. The van der Waals surface area contributed by atoms with Crippen LogP contribution < -0.4 is 27.0 Å². The van der Waals surface area contributed by atoms with Crippen molar-refractivity contribution in [2.24, 2.45) is 11.7 Å². The first-order chi connectivity index (χ1) is 16.2. The Bertz CT molecular complexity index is 787. The molecule has 0 aliphatic carbocycles. The van der Waals surface area contributed by atoms with E-state index in [2.05, 4.69) is 21.3 Å². The van der Waals surface area contributed by atoms with E-state index in [1.165, 1.54) is 0 Å². The van der Waals surface area contributed by atoms with Crippen molar-refractivity contribution in [3.63, 3.8) is 0 Å². The average Bonchev–Trinajstić information content (AvgIpc) is 2.80. The van der Waals surface area contributed by atoms with Crippen molar-refractivity contribution in [1.29, 1.82) is 0 Å². The molecule has 0 saturated carbocycles. The summed E-state index contributed by atoms with van der Waals surface area (Å²) in [5, 5.41) is 19.6. The van der Waals surface area contributed by atoms with E-state index in [-0.39, 0.29) is 11.8 Å². The van der Waals surface area contributed by atoms with E-state index in [1.54, 1.807) is 7.05 Å². The first kappa shape index (κ1) is 29.1. The van der Waals surface area contributed by atoms with Crippen molar-refractivity contribution in [2.75, 3.05) is 20.1 Å². The molecule has 0 fully saturated rings. The maximum atomic E-state index is 13.1. The van der Waals surface area contributed by atoms with Crippen molar-refractivity contribution in [3.05, 3.63) is 35.9 Å². The number of hydrogen-bond acceptors (Lipinski definition) is 6. The lowest BCUT2D eigenvalue weighted by atomic mass is 10.0. The number of carboxylic acid groups (broad SMARTS) is 1. The molecule has 34 heavy (non-hydrogen) atoms. The molecule has 0 unspecified atom stereocenters. The second-order valence-electron chi connectivity index (χ2n) is 8.68. The Morgan fingerprint density at radius 2 is 1.53 bits per heavy atom. The second kappa shape index (κ2) is 15.8. The Hall–Kier alpha value is -2.98. The highest BCUT2D eigenvalue weighted by atomic mass is 16.4. The van der Waals surface area contributed by atoms with Gasteiger partial charge in [0.2, 0.25) is 17.7 Å². The molecule has 0 spiro atoms. The van der Waals surface area contributed by atoms with Gasteiger partial charge in [-0.2, -0.15) is 0 Å². The smallest absolute Gasteiger partial charge is 0.322 e. The summed E-state index contributed by atoms with van der Waals surface area (Å²) in [6.45, 7) is 3.71. The summed E-state index contributed by atoms with van der Waals surface area (Å²) < 4.78 is 0. The molecule has 0 heterocycles. The molecule has 0 aliphatic rings. The van der Waals surface area contributed by atoms with E-state index in [4.69, 9.17) is 10.8 Å². The van der Waals surface area contributed by atoms with Crippen LogP contribution in [0.1, 0.15) is 45.1 Å². The third-order valence-electron chi connectivity index (χ3n) is 5.28. The molecular formula is C24H39N5O5. The largest absolute Gasteiger partial charge is 0.480 e. The van der Waals surface area contributed by atoms with Crippen molar-refractivity contribution in [1.82, 2.24) is 21.3 Å². The highest BCUT2D eigenvalue weighted by Crippen LogP contribution is 2.09. The molecule has 3 amide bonds. The summed E-state index contributed by atoms with van der Waals surface area (Å²) in [6.07, 6.45) is 2.45. The van der Waals surface area contributed by atoms with Crippen LogP contribution in [0.5, 0.6) is 0 Å². The number of carbonyl (C=O) groups excluding carboxylic acids is 3. The van der Waals surface area contributed by atoms with Gasteiger partial charge in [0, 0.05) is 0 Å². The number of benzene rings is 1. The molecule has 0 saturated heterocycles. The number of nitrogens with two attached hydrogens (primary N) is 1. The number of likely N-dealkylation sites (N-methyl/N-ethyl adjacent to an activating group) is 1. The molecule has 0 aromatic heterocycles. The fourth-order valence-electron chi connectivity index (χ4n) is 3.47. The minimum Gasteiger partial charge on any atom is -0.480 e. The van der Waals surface area contributed by atoms with Crippen molar-refractivity contribution < 1.29 is 24.3 Å². The summed E-state index contributed by atoms with van der Waals surface area (Å²) in [6, 6.07) is 7.23.